The number of pyridine rings is 1. The maximum Gasteiger partial charge on any atom is 0.407 e. The summed E-state index contributed by atoms with van der Waals surface area (Å²) in [6, 6.07) is 22.4. The minimum Gasteiger partial charge on any atom is -0.453 e. The number of benzene rings is 3. The molecule has 61 heavy (non-hydrogen) atoms. The quantitative estimate of drug-likeness (QED) is 0.119. The van der Waals surface area contributed by atoms with Crippen molar-refractivity contribution in [2.45, 2.75) is 70.1 Å². The van der Waals surface area contributed by atoms with E-state index in [2.05, 4.69) is 43.8 Å². The van der Waals surface area contributed by atoms with Crippen LogP contribution in [0.1, 0.15) is 68.0 Å². The number of rotatable bonds is 9. The van der Waals surface area contributed by atoms with Crippen molar-refractivity contribution in [3.63, 3.8) is 0 Å². The van der Waals surface area contributed by atoms with Gasteiger partial charge >= 0.3 is 12.2 Å². The van der Waals surface area contributed by atoms with E-state index in [1.807, 2.05) is 79.5 Å². The molecule has 9 rings (SSSR count). The first-order chi connectivity index (χ1) is 29.6. The summed E-state index contributed by atoms with van der Waals surface area (Å²) in [6.07, 6.45) is 5.76. The van der Waals surface area contributed by atoms with Gasteiger partial charge in [-0.3, -0.25) is 19.5 Å². The second kappa shape index (κ2) is 16.2. The Morgan fingerprint density at radius 1 is 0.803 bits per heavy atom. The Kier molecular flexibility index (Phi) is 10.5. The van der Waals surface area contributed by atoms with Gasteiger partial charge in [0.1, 0.15) is 23.7 Å². The van der Waals surface area contributed by atoms with Crippen LogP contribution in [0.5, 0.6) is 0 Å². The minimum absolute atomic E-state index is 0.111. The zero-order chi connectivity index (χ0) is 42.4. The summed E-state index contributed by atoms with van der Waals surface area (Å²) in [5.74, 6) is 0.965. The van der Waals surface area contributed by atoms with Gasteiger partial charge in [-0.1, -0.05) is 68.4 Å². The predicted molar refractivity (Wildman–Crippen MR) is 228 cm³/mol. The Morgan fingerprint density at radius 2 is 1.56 bits per heavy atom. The van der Waals surface area contributed by atoms with Gasteiger partial charge in [-0.05, 0) is 72.1 Å². The van der Waals surface area contributed by atoms with Crippen molar-refractivity contribution in [2.24, 2.45) is 5.92 Å². The van der Waals surface area contributed by atoms with Crippen LogP contribution in [0.3, 0.4) is 0 Å². The Hall–Kier alpha value is -7.03. The number of nitrogens with zero attached hydrogens (tertiary/aromatic N) is 5. The molecule has 1 saturated heterocycles. The number of aromatic amines is 2. The van der Waals surface area contributed by atoms with Crippen LogP contribution in [-0.4, -0.2) is 86.7 Å². The van der Waals surface area contributed by atoms with Gasteiger partial charge in [-0.2, -0.15) is 0 Å². The fourth-order valence-corrected chi connectivity index (χ4v) is 8.95. The maximum atomic E-state index is 14.0. The van der Waals surface area contributed by atoms with Gasteiger partial charge in [0, 0.05) is 30.3 Å². The Morgan fingerprint density at radius 3 is 2.31 bits per heavy atom. The smallest absolute Gasteiger partial charge is 0.407 e. The molecule has 0 aliphatic carbocycles. The molecule has 6 aromatic rings. The number of anilines is 1. The molecule has 1 fully saturated rings. The highest BCUT2D eigenvalue weighted by molar-refractivity contribution is 6.02. The van der Waals surface area contributed by atoms with Crippen LogP contribution in [0, 0.1) is 5.92 Å². The van der Waals surface area contributed by atoms with Crippen LogP contribution in [0.4, 0.5) is 15.3 Å². The number of methoxy groups -OCH3 is 2. The maximum absolute atomic E-state index is 14.0. The van der Waals surface area contributed by atoms with E-state index in [1.54, 1.807) is 11.1 Å². The number of hydrogen-bond donors (Lipinski definition) is 4. The average Bonchev–Trinajstić information content (AvgIpc) is 4.10. The summed E-state index contributed by atoms with van der Waals surface area (Å²) in [5, 5.41) is 5.43. The number of carbonyl (C=O) groups is 4. The molecule has 3 aromatic heterocycles. The number of carbonyl (C=O) groups excluding carboxylic acids is 4. The summed E-state index contributed by atoms with van der Waals surface area (Å²) in [5.41, 5.74) is 10.2. The van der Waals surface area contributed by atoms with Gasteiger partial charge in [0.15, 0.2) is 0 Å². The average molecular weight is 822 g/mol. The van der Waals surface area contributed by atoms with Crippen LogP contribution in [0.15, 0.2) is 85.2 Å². The third-order valence-corrected chi connectivity index (χ3v) is 12.1. The van der Waals surface area contributed by atoms with E-state index < -0.39 is 24.3 Å². The molecule has 0 spiro atoms. The lowest BCUT2D eigenvalue weighted by Crippen LogP contribution is -2.51. The molecular formula is C46H47N9O6. The third-order valence-electron chi connectivity index (χ3n) is 12.1. The molecule has 15 nitrogen and oxygen atoms in total. The molecule has 3 aliphatic rings. The van der Waals surface area contributed by atoms with Crippen molar-refractivity contribution in [2.75, 3.05) is 25.7 Å². The van der Waals surface area contributed by atoms with E-state index in [1.165, 1.54) is 14.2 Å². The van der Waals surface area contributed by atoms with E-state index >= 15 is 0 Å². The van der Waals surface area contributed by atoms with E-state index in [4.69, 9.17) is 19.4 Å². The van der Waals surface area contributed by atoms with Crippen molar-refractivity contribution in [1.82, 2.24) is 40.5 Å². The Balaban J connectivity index is 0.892. The monoisotopic (exact) mass is 821 g/mol. The lowest BCUT2D eigenvalue weighted by molar-refractivity contribution is -0.135. The first-order valence-electron chi connectivity index (χ1n) is 20.6. The summed E-state index contributed by atoms with van der Waals surface area (Å²) < 4.78 is 9.59. The number of aryl methyl sites for hydroxylation is 1. The fraction of sp³-hybridized carbons (Fsp3) is 0.326. The number of hydrogen-bond acceptors (Lipinski definition) is 9. The molecular weight excluding hydrogens is 775 g/mol. The van der Waals surface area contributed by atoms with Crippen molar-refractivity contribution in [1.29, 1.82) is 0 Å². The van der Waals surface area contributed by atoms with Crippen molar-refractivity contribution >= 4 is 40.7 Å². The highest BCUT2D eigenvalue weighted by atomic mass is 16.5. The van der Waals surface area contributed by atoms with Crippen LogP contribution < -0.4 is 15.5 Å². The van der Waals surface area contributed by atoms with E-state index in [0.717, 1.165) is 74.3 Å². The number of H-pyrrole nitrogens is 2. The molecule has 0 unspecified atom stereocenters. The SMILES string of the molecule is COC(=O)N[C@H]1CCc2cccc3c2N(C1=O)[C@H](c1nc2ccc(-c4ccc(-c5ccc(-c6cnc([C@@H]7CCCN7C(=O)[C@@H](NC(=O)OC)C(C)C)[nH]6)cc5)nc4)cc2[nH]1)C3. The molecule has 312 valence electrons. The lowest BCUT2D eigenvalue weighted by Gasteiger charge is -2.30. The topological polar surface area (TPSA) is 188 Å². The van der Waals surface area contributed by atoms with E-state index in [9.17, 15) is 19.2 Å². The number of para-hydroxylation sites is 1. The number of nitrogens with one attached hydrogen (secondary N) is 4. The highest BCUT2D eigenvalue weighted by Gasteiger charge is 2.43. The highest BCUT2D eigenvalue weighted by Crippen LogP contribution is 2.45. The standard InChI is InChI=1S/C46H47N9O6/c1-25(2)39(53-46(59)61-4)44(57)54-20-6-9-37(54)41-48-24-36(51-41)27-12-10-26(11-13-27)32-17-16-31(23-47-32)29-15-18-33-35(21-29)50-42(49-33)38-22-30-8-5-7-28-14-19-34(52-45(58)60-3)43(56)55(38)40(28)30/h5,7-8,10-13,15-18,21,23-25,34,37-39H,6,9,14,19-20,22H2,1-4H3,(H,48,51)(H,49,50)(H,52,58)(H,53,59)/t34-,37-,38-,39-/m0/s1. The molecule has 3 aromatic carbocycles. The molecule has 3 aliphatic heterocycles. The fourth-order valence-electron chi connectivity index (χ4n) is 8.95. The van der Waals surface area contributed by atoms with Crippen LogP contribution >= 0.6 is 0 Å². The summed E-state index contributed by atoms with van der Waals surface area (Å²) >= 11 is 0. The van der Waals surface area contributed by atoms with Gasteiger partial charge < -0.3 is 35.0 Å². The minimum atomic E-state index is -0.709. The Bertz CT molecular complexity index is 2640. The summed E-state index contributed by atoms with van der Waals surface area (Å²) in [7, 11) is 2.58. The molecule has 15 heteroatoms. The van der Waals surface area contributed by atoms with Gasteiger partial charge in [-0.25, -0.2) is 19.6 Å². The number of likely N-dealkylation sites (tertiary alicyclic amines) is 1. The van der Waals surface area contributed by atoms with Gasteiger partial charge in [0.05, 0.1) is 60.6 Å². The van der Waals surface area contributed by atoms with Crippen LogP contribution in [0.25, 0.3) is 44.7 Å². The van der Waals surface area contributed by atoms with Gasteiger partial charge in [0.2, 0.25) is 11.8 Å². The second-order valence-corrected chi connectivity index (χ2v) is 16.2. The van der Waals surface area contributed by atoms with Gasteiger partial charge in [0.25, 0.3) is 0 Å². The third kappa shape index (κ3) is 7.44. The first-order valence-corrected chi connectivity index (χ1v) is 20.6. The molecule has 0 saturated carbocycles. The molecule has 0 radical (unpaired) electrons. The number of ether oxygens (including phenoxy) is 2. The summed E-state index contributed by atoms with van der Waals surface area (Å²) in [4.78, 5) is 76.7. The van der Waals surface area contributed by atoms with Crippen LogP contribution in [-0.2, 0) is 31.9 Å². The number of amides is 4. The van der Waals surface area contributed by atoms with E-state index in [-0.39, 0.29) is 29.8 Å². The Labute approximate surface area is 352 Å². The number of fused-ring (bicyclic) bond motifs is 1. The van der Waals surface area contributed by atoms with Crippen molar-refractivity contribution in [3.8, 4) is 33.6 Å². The number of alkyl carbamates (subject to hydrolysis) is 2. The number of imidazole rings is 2. The first kappa shape index (κ1) is 39.4. The second-order valence-electron chi connectivity index (χ2n) is 16.2. The zero-order valence-electron chi connectivity index (χ0n) is 34.4. The normalized spacial score (nSPS) is 18.8. The molecule has 0 bridgehead atoms. The van der Waals surface area contributed by atoms with Crippen molar-refractivity contribution in [3.05, 3.63) is 108 Å². The van der Waals surface area contributed by atoms with Gasteiger partial charge in [-0.15, -0.1) is 0 Å². The largest absolute Gasteiger partial charge is 0.453 e. The molecule has 4 N–H and O–H groups in total. The zero-order valence-corrected chi connectivity index (χ0v) is 34.4. The molecule has 4 atom stereocenters. The molecule has 4 amide bonds. The van der Waals surface area contributed by atoms with E-state index in [0.29, 0.717) is 37.5 Å². The number of aromatic nitrogens is 5. The summed E-state index contributed by atoms with van der Waals surface area (Å²) in [6.45, 7) is 4.38. The molecule has 6 heterocycles. The van der Waals surface area contributed by atoms with Crippen LogP contribution in [0.2, 0.25) is 0 Å². The van der Waals surface area contributed by atoms with Crippen molar-refractivity contribution < 1.29 is 28.7 Å². The predicted octanol–water partition coefficient (Wildman–Crippen LogP) is 7.03. The lowest BCUT2D eigenvalue weighted by atomic mass is 10.0.